The fraction of sp³-hybridized carbons (Fsp3) is 0.500. The minimum Gasteiger partial charge on any atom is -0.278 e. The Morgan fingerprint density at radius 2 is 2.28 bits per heavy atom. The normalized spacial score (nSPS) is 19.6. The first-order valence-electron chi connectivity index (χ1n) is 5.82. The summed E-state index contributed by atoms with van der Waals surface area (Å²) in [5.41, 5.74) is 0. The lowest BCUT2D eigenvalue weighted by atomic mass is 10.0. The molecule has 2 heterocycles. The van der Waals surface area contributed by atoms with Crippen molar-refractivity contribution in [2.75, 3.05) is 6.54 Å². The number of carbonyl (C=O) groups excluding carboxylic acids is 2. The van der Waals surface area contributed by atoms with Crippen LogP contribution >= 0.6 is 43.2 Å². The van der Waals surface area contributed by atoms with Gasteiger partial charge in [-0.2, -0.15) is 0 Å². The molecule has 1 aliphatic heterocycles. The van der Waals surface area contributed by atoms with E-state index in [1.807, 2.05) is 0 Å². The quantitative estimate of drug-likeness (QED) is 0.724. The Hall–Kier alpha value is -0.200. The molecule has 1 aromatic heterocycles. The molecule has 0 aromatic carbocycles. The van der Waals surface area contributed by atoms with Gasteiger partial charge in [-0.05, 0) is 50.3 Å². The van der Waals surface area contributed by atoms with Crippen molar-refractivity contribution in [3.8, 4) is 0 Å². The van der Waals surface area contributed by atoms with Gasteiger partial charge < -0.3 is 0 Å². The third-order valence-electron chi connectivity index (χ3n) is 3.00. The molecule has 3 nitrogen and oxygen atoms in total. The van der Waals surface area contributed by atoms with Gasteiger partial charge in [-0.1, -0.05) is 13.3 Å². The van der Waals surface area contributed by atoms with Gasteiger partial charge in [0.1, 0.15) is 0 Å². The first kappa shape index (κ1) is 14.2. The number of amides is 2. The van der Waals surface area contributed by atoms with Crippen molar-refractivity contribution in [2.24, 2.45) is 5.92 Å². The molecular formula is C12H13Br2NO2S. The van der Waals surface area contributed by atoms with Gasteiger partial charge in [-0.15, -0.1) is 11.3 Å². The van der Waals surface area contributed by atoms with Gasteiger partial charge in [0.15, 0.2) is 0 Å². The molecule has 1 atom stereocenters. The summed E-state index contributed by atoms with van der Waals surface area (Å²) in [6.45, 7) is 2.67. The predicted octanol–water partition coefficient (Wildman–Crippen LogP) is 4.06. The van der Waals surface area contributed by atoms with Crippen molar-refractivity contribution >= 4 is 55.0 Å². The smallest absolute Gasteiger partial charge is 0.270 e. The van der Waals surface area contributed by atoms with Crippen molar-refractivity contribution < 1.29 is 9.59 Å². The number of rotatable bonds is 3. The molecule has 2 amide bonds. The Bertz CT molecular complexity index is 467. The summed E-state index contributed by atoms with van der Waals surface area (Å²) < 4.78 is 1.73. The first-order chi connectivity index (χ1) is 8.52. The topological polar surface area (TPSA) is 37.4 Å². The second-order valence-electron chi connectivity index (χ2n) is 4.40. The van der Waals surface area contributed by atoms with E-state index in [9.17, 15) is 9.59 Å². The van der Waals surface area contributed by atoms with Gasteiger partial charge in [-0.25, -0.2) is 0 Å². The minimum atomic E-state index is -0.171. The number of hydrogen-bond donors (Lipinski definition) is 0. The van der Waals surface area contributed by atoms with Crippen LogP contribution in [-0.2, 0) is 4.79 Å². The monoisotopic (exact) mass is 393 g/mol. The lowest BCUT2D eigenvalue weighted by molar-refractivity contribution is -0.125. The number of nitrogens with zero attached hydrogens (tertiary/aromatic N) is 1. The highest BCUT2D eigenvalue weighted by molar-refractivity contribution is 9.13. The van der Waals surface area contributed by atoms with Gasteiger partial charge in [0.2, 0.25) is 5.91 Å². The van der Waals surface area contributed by atoms with Gasteiger partial charge in [-0.3, -0.25) is 14.5 Å². The average Bonchev–Trinajstić information content (AvgIpc) is 2.83. The summed E-state index contributed by atoms with van der Waals surface area (Å²) in [7, 11) is 0. The van der Waals surface area contributed by atoms with Crippen molar-refractivity contribution in [1.82, 2.24) is 4.90 Å². The highest BCUT2D eigenvalue weighted by Crippen LogP contribution is 2.34. The zero-order valence-electron chi connectivity index (χ0n) is 9.91. The van der Waals surface area contributed by atoms with Crippen LogP contribution in [0.4, 0.5) is 0 Å². The molecule has 0 spiro atoms. The highest BCUT2D eigenvalue weighted by atomic mass is 79.9. The van der Waals surface area contributed by atoms with Crippen LogP contribution in [0.3, 0.4) is 0 Å². The van der Waals surface area contributed by atoms with E-state index >= 15 is 0 Å². The van der Waals surface area contributed by atoms with Crippen LogP contribution in [0.2, 0.25) is 0 Å². The standard InChI is InChI=1S/C12H13Br2NO2S/c1-2-3-7-4-10(16)15(6-7)12(17)9-5-8(13)11(14)18-9/h5,7H,2-4,6H2,1H3. The highest BCUT2D eigenvalue weighted by Gasteiger charge is 2.34. The molecule has 0 saturated carbocycles. The predicted molar refractivity (Wildman–Crippen MR) is 78.8 cm³/mol. The Morgan fingerprint density at radius 3 is 2.83 bits per heavy atom. The molecule has 1 aromatic rings. The fourth-order valence-corrected chi connectivity index (χ4v) is 4.15. The summed E-state index contributed by atoms with van der Waals surface area (Å²) >= 11 is 8.07. The SMILES string of the molecule is CCCC1CC(=O)N(C(=O)c2cc(Br)c(Br)s2)C1. The molecular weight excluding hydrogens is 382 g/mol. The summed E-state index contributed by atoms with van der Waals surface area (Å²) in [6.07, 6.45) is 2.57. The van der Waals surface area contributed by atoms with Crippen molar-refractivity contribution in [3.63, 3.8) is 0 Å². The maximum atomic E-state index is 12.2. The fourth-order valence-electron chi connectivity index (χ4n) is 2.16. The van der Waals surface area contributed by atoms with Crippen LogP contribution in [0.15, 0.2) is 14.3 Å². The number of thiophene rings is 1. The maximum absolute atomic E-state index is 12.2. The molecule has 2 rings (SSSR count). The number of carbonyl (C=O) groups is 2. The first-order valence-corrected chi connectivity index (χ1v) is 8.22. The summed E-state index contributed by atoms with van der Waals surface area (Å²) in [6, 6.07) is 1.76. The van der Waals surface area contributed by atoms with Crippen LogP contribution < -0.4 is 0 Å². The van der Waals surface area contributed by atoms with Crippen molar-refractivity contribution in [3.05, 3.63) is 19.2 Å². The number of likely N-dealkylation sites (tertiary alicyclic amines) is 1. The summed E-state index contributed by atoms with van der Waals surface area (Å²) in [5.74, 6) is 0.118. The second-order valence-corrected chi connectivity index (χ2v) is 7.63. The molecule has 98 valence electrons. The number of hydrogen-bond acceptors (Lipinski definition) is 3. The Kier molecular flexibility index (Phi) is 4.61. The van der Waals surface area contributed by atoms with Gasteiger partial charge in [0, 0.05) is 17.4 Å². The molecule has 6 heteroatoms. The van der Waals surface area contributed by atoms with E-state index in [-0.39, 0.29) is 11.8 Å². The number of halogens is 2. The van der Waals surface area contributed by atoms with Crippen LogP contribution in [-0.4, -0.2) is 23.3 Å². The molecule has 1 aliphatic rings. The third-order valence-corrected chi connectivity index (χ3v) is 6.25. The zero-order valence-corrected chi connectivity index (χ0v) is 13.9. The lowest BCUT2D eigenvalue weighted by Crippen LogP contribution is -2.31. The van der Waals surface area contributed by atoms with Gasteiger partial charge in [0.25, 0.3) is 5.91 Å². The average molecular weight is 395 g/mol. The minimum absolute atomic E-state index is 0.0425. The summed E-state index contributed by atoms with van der Waals surface area (Å²) in [4.78, 5) is 26.1. The van der Waals surface area contributed by atoms with Crippen LogP contribution in [0.1, 0.15) is 35.9 Å². The zero-order chi connectivity index (χ0) is 13.3. The van der Waals surface area contributed by atoms with E-state index in [0.717, 1.165) is 21.1 Å². The van der Waals surface area contributed by atoms with E-state index in [0.29, 0.717) is 23.8 Å². The molecule has 1 unspecified atom stereocenters. The van der Waals surface area contributed by atoms with Gasteiger partial charge in [0.05, 0.1) is 8.66 Å². The maximum Gasteiger partial charge on any atom is 0.270 e. The van der Waals surface area contributed by atoms with Crippen LogP contribution in [0.25, 0.3) is 0 Å². The Labute approximate surface area is 127 Å². The van der Waals surface area contributed by atoms with Crippen molar-refractivity contribution in [1.29, 1.82) is 0 Å². The molecule has 0 N–H and O–H groups in total. The lowest BCUT2D eigenvalue weighted by Gasteiger charge is -2.13. The molecule has 0 aliphatic carbocycles. The Morgan fingerprint density at radius 1 is 1.56 bits per heavy atom. The van der Waals surface area contributed by atoms with E-state index in [4.69, 9.17) is 0 Å². The largest absolute Gasteiger partial charge is 0.278 e. The molecule has 0 bridgehead atoms. The van der Waals surface area contributed by atoms with E-state index in [2.05, 4.69) is 38.8 Å². The van der Waals surface area contributed by atoms with E-state index in [1.54, 1.807) is 6.07 Å². The van der Waals surface area contributed by atoms with Crippen LogP contribution in [0.5, 0.6) is 0 Å². The van der Waals surface area contributed by atoms with Crippen LogP contribution in [0, 0.1) is 5.92 Å². The third kappa shape index (κ3) is 2.86. The number of imide groups is 1. The molecule has 0 radical (unpaired) electrons. The molecule has 18 heavy (non-hydrogen) atoms. The summed E-state index contributed by atoms with van der Waals surface area (Å²) in [5, 5.41) is 0. The van der Waals surface area contributed by atoms with Crippen molar-refractivity contribution in [2.45, 2.75) is 26.2 Å². The molecule has 1 fully saturated rings. The molecule has 1 saturated heterocycles. The second kappa shape index (κ2) is 5.84. The van der Waals surface area contributed by atoms with Gasteiger partial charge >= 0.3 is 0 Å². The van der Waals surface area contributed by atoms with E-state index < -0.39 is 0 Å². The van der Waals surface area contributed by atoms with E-state index in [1.165, 1.54) is 16.2 Å². The Balaban J connectivity index is 2.12.